The van der Waals surface area contributed by atoms with Crippen molar-refractivity contribution in [1.82, 2.24) is 0 Å². The highest BCUT2D eigenvalue weighted by molar-refractivity contribution is 9.10. The van der Waals surface area contributed by atoms with E-state index in [-0.39, 0.29) is 31.0 Å². The van der Waals surface area contributed by atoms with Gasteiger partial charge in [0.2, 0.25) is 0 Å². The first kappa shape index (κ1) is 36.7. The molecule has 0 saturated carbocycles. The first-order valence-corrected chi connectivity index (χ1v) is 15.4. The lowest BCUT2D eigenvalue weighted by atomic mass is 10.1. The molecule has 0 radical (unpaired) electrons. The summed E-state index contributed by atoms with van der Waals surface area (Å²) in [5.74, 6) is 0. The molecule has 4 aromatic rings. The largest absolute Gasteiger partial charge is 0.397 e. The Morgan fingerprint density at radius 2 is 1.07 bits per heavy atom. The monoisotopic (exact) mass is 774 g/mol. The summed E-state index contributed by atoms with van der Waals surface area (Å²) in [6.07, 6.45) is -10.5. The molecule has 0 unspecified atom stereocenters. The first-order valence-electron chi connectivity index (χ1n) is 13.8. The maximum absolute atomic E-state index is 12.6. The van der Waals surface area contributed by atoms with Crippen LogP contribution in [0, 0.1) is 10.1 Å². The molecule has 0 saturated heterocycles. The fourth-order valence-corrected chi connectivity index (χ4v) is 5.15. The molecule has 14 heteroatoms. The zero-order valence-electron chi connectivity index (χ0n) is 24.2. The molecule has 0 aliphatic heterocycles. The van der Waals surface area contributed by atoms with Gasteiger partial charge in [-0.25, -0.2) is 0 Å². The molecule has 4 aromatic carbocycles. The van der Waals surface area contributed by atoms with Crippen molar-refractivity contribution in [2.75, 3.05) is 28.6 Å². The first-order chi connectivity index (χ1) is 21.6. The van der Waals surface area contributed by atoms with E-state index in [1.165, 1.54) is 17.0 Å². The van der Waals surface area contributed by atoms with Crippen molar-refractivity contribution in [3.8, 4) is 0 Å². The standard InChI is InChI=1S/C16H14BrF3N2O2.C16H16BrF3N2/c17-13-6-7-14(15(10-13)22(23)24)21(9-8-16(18,19)20)11-12-4-2-1-3-5-12;17-13-6-7-15(14(21)10-13)22(9-8-16(18,19)20)11-12-4-2-1-3-5-12/h1-7,10H,8-9,11H2;1-7,10H,8-9,11,21H2. The second kappa shape index (κ2) is 16.7. The molecule has 0 amide bonds. The number of anilines is 3. The maximum Gasteiger partial charge on any atom is 0.390 e. The van der Waals surface area contributed by atoms with Crippen molar-refractivity contribution in [1.29, 1.82) is 0 Å². The van der Waals surface area contributed by atoms with Gasteiger partial charge in [-0.15, -0.1) is 0 Å². The molecule has 4 rings (SSSR count). The third-order valence-corrected chi connectivity index (χ3v) is 7.55. The van der Waals surface area contributed by atoms with E-state index < -0.39 is 30.1 Å². The van der Waals surface area contributed by atoms with Gasteiger partial charge in [0.05, 0.1) is 29.1 Å². The highest BCUT2D eigenvalue weighted by atomic mass is 79.9. The Morgan fingerprint density at radius 3 is 1.48 bits per heavy atom. The maximum atomic E-state index is 12.6. The predicted molar refractivity (Wildman–Crippen MR) is 176 cm³/mol. The molecule has 6 nitrogen and oxygen atoms in total. The number of nitrogen functional groups attached to an aromatic ring is 1. The lowest BCUT2D eigenvalue weighted by molar-refractivity contribution is -0.384. The molecule has 46 heavy (non-hydrogen) atoms. The van der Waals surface area contributed by atoms with Gasteiger partial charge in [-0.3, -0.25) is 10.1 Å². The van der Waals surface area contributed by atoms with Gasteiger partial charge in [0.15, 0.2) is 0 Å². The van der Waals surface area contributed by atoms with E-state index in [0.717, 1.165) is 15.6 Å². The summed E-state index contributed by atoms with van der Waals surface area (Å²) in [5.41, 5.74) is 8.66. The Hall–Kier alpha value is -3.78. The lowest BCUT2D eigenvalue weighted by Gasteiger charge is -2.27. The summed E-state index contributed by atoms with van der Waals surface area (Å²) < 4.78 is 76.9. The number of nitro groups is 1. The van der Waals surface area contributed by atoms with E-state index in [2.05, 4.69) is 31.9 Å². The van der Waals surface area contributed by atoms with Crippen LogP contribution < -0.4 is 15.5 Å². The van der Waals surface area contributed by atoms with Crippen molar-refractivity contribution in [2.45, 2.75) is 38.3 Å². The van der Waals surface area contributed by atoms with Crippen LogP contribution in [-0.4, -0.2) is 30.4 Å². The second-order valence-electron chi connectivity index (χ2n) is 10.1. The fraction of sp³-hybridized carbons (Fsp3) is 0.250. The number of benzene rings is 4. The molecular weight excluding hydrogens is 746 g/mol. The number of alkyl halides is 6. The van der Waals surface area contributed by atoms with Gasteiger partial charge in [0.25, 0.3) is 5.69 Å². The van der Waals surface area contributed by atoms with Crippen molar-refractivity contribution in [2.24, 2.45) is 0 Å². The molecule has 2 N–H and O–H groups in total. The molecule has 0 aliphatic rings. The zero-order valence-corrected chi connectivity index (χ0v) is 27.4. The molecule has 0 heterocycles. The molecule has 0 bridgehead atoms. The van der Waals surface area contributed by atoms with E-state index >= 15 is 0 Å². The lowest BCUT2D eigenvalue weighted by Crippen LogP contribution is -2.28. The van der Waals surface area contributed by atoms with E-state index in [4.69, 9.17) is 5.73 Å². The summed E-state index contributed by atoms with van der Waals surface area (Å²) in [7, 11) is 0. The SMILES string of the molecule is Nc1cc(Br)ccc1N(CCC(F)(F)F)Cc1ccccc1.O=[N+]([O-])c1cc(Br)ccc1N(CCC(F)(F)F)Cc1ccccc1. The van der Waals surface area contributed by atoms with Crippen LogP contribution in [0.4, 0.5) is 49.1 Å². The number of rotatable bonds is 11. The predicted octanol–water partition coefficient (Wildman–Crippen LogP) is 10.3. The number of hydrogen-bond acceptors (Lipinski definition) is 5. The van der Waals surface area contributed by atoms with Crippen molar-refractivity contribution >= 4 is 54.6 Å². The van der Waals surface area contributed by atoms with Gasteiger partial charge in [-0.05, 0) is 41.5 Å². The number of hydrogen-bond donors (Lipinski definition) is 1. The van der Waals surface area contributed by atoms with Crippen molar-refractivity contribution < 1.29 is 31.3 Å². The van der Waals surface area contributed by atoms with E-state index in [9.17, 15) is 36.5 Å². The van der Waals surface area contributed by atoms with Gasteiger partial charge >= 0.3 is 12.4 Å². The summed E-state index contributed by atoms with van der Waals surface area (Å²) >= 11 is 6.45. The highest BCUT2D eigenvalue weighted by Crippen LogP contribution is 2.34. The molecule has 0 spiro atoms. The molecule has 0 aromatic heterocycles. The van der Waals surface area contributed by atoms with Crippen LogP contribution in [0.1, 0.15) is 24.0 Å². The van der Waals surface area contributed by atoms with Gasteiger partial charge in [-0.1, -0.05) is 92.5 Å². The molecule has 0 atom stereocenters. The minimum atomic E-state index is -4.33. The van der Waals surface area contributed by atoms with Crippen LogP contribution >= 0.6 is 31.9 Å². The second-order valence-corrected chi connectivity index (χ2v) is 12.0. The molecule has 0 fully saturated rings. The van der Waals surface area contributed by atoms with Gasteiger partial charge in [-0.2, -0.15) is 26.3 Å². The van der Waals surface area contributed by atoms with Crippen molar-refractivity contribution in [3.63, 3.8) is 0 Å². The van der Waals surface area contributed by atoms with Crippen LogP contribution in [-0.2, 0) is 13.1 Å². The number of nitro benzene ring substituents is 1. The van der Waals surface area contributed by atoms with Crippen LogP contribution in [0.15, 0.2) is 106 Å². The Balaban J connectivity index is 0.000000251. The number of nitrogens with zero attached hydrogens (tertiary/aromatic N) is 3. The highest BCUT2D eigenvalue weighted by Gasteiger charge is 2.30. The van der Waals surface area contributed by atoms with E-state index in [0.29, 0.717) is 22.4 Å². The Labute approximate surface area is 279 Å². The van der Waals surface area contributed by atoms with E-state index in [1.54, 1.807) is 59.5 Å². The normalized spacial score (nSPS) is 11.4. The van der Waals surface area contributed by atoms with Crippen molar-refractivity contribution in [3.05, 3.63) is 127 Å². The summed E-state index contributed by atoms with van der Waals surface area (Å²) in [5, 5.41) is 11.3. The summed E-state index contributed by atoms with van der Waals surface area (Å²) in [4.78, 5) is 13.7. The third kappa shape index (κ3) is 12.5. The minimum Gasteiger partial charge on any atom is -0.397 e. The van der Waals surface area contributed by atoms with Gasteiger partial charge in [0.1, 0.15) is 5.69 Å². The van der Waals surface area contributed by atoms with Crippen LogP contribution in [0.2, 0.25) is 0 Å². The Morgan fingerprint density at radius 1 is 0.652 bits per heavy atom. The molecule has 246 valence electrons. The van der Waals surface area contributed by atoms with Gasteiger partial charge in [0, 0.05) is 41.2 Å². The smallest absolute Gasteiger partial charge is 0.390 e. The zero-order chi connectivity index (χ0) is 33.9. The fourth-order valence-electron chi connectivity index (χ4n) is 4.42. The minimum absolute atomic E-state index is 0.135. The average Bonchev–Trinajstić information content (AvgIpc) is 2.98. The number of nitrogens with two attached hydrogens (primary N) is 1. The quantitative estimate of drug-likeness (QED) is 0.0711. The Kier molecular flexibility index (Phi) is 13.3. The van der Waals surface area contributed by atoms with Crippen LogP contribution in [0.3, 0.4) is 0 Å². The van der Waals surface area contributed by atoms with Gasteiger partial charge < -0.3 is 15.5 Å². The summed E-state index contributed by atoms with van der Waals surface area (Å²) in [6.45, 7) is 0.0350. The topological polar surface area (TPSA) is 75.6 Å². The Bertz CT molecular complexity index is 1560. The average molecular weight is 776 g/mol. The third-order valence-electron chi connectivity index (χ3n) is 6.57. The van der Waals surface area contributed by atoms with E-state index in [1.807, 2.05) is 30.3 Å². The number of halogens is 8. The van der Waals surface area contributed by atoms with Crippen LogP contribution in [0.25, 0.3) is 0 Å². The summed E-state index contributed by atoms with van der Waals surface area (Å²) in [6, 6.07) is 27.8. The molecule has 0 aliphatic carbocycles. The molecular formula is C32H30Br2F6N4O2. The van der Waals surface area contributed by atoms with Crippen LogP contribution in [0.5, 0.6) is 0 Å².